The first-order valence-electron chi connectivity index (χ1n) is 4.29. The molecule has 13 heavy (non-hydrogen) atoms. The molecule has 0 fully saturated rings. The van der Waals surface area contributed by atoms with Gasteiger partial charge in [0.05, 0.1) is 0 Å². The summed E-state index contributed by atoms with van der Waals surface area (Å²) in [4.78, 5) is 0. The zero-order chi connectivity index (χ0) is 9.31. The van der Waals surface area contributed by atoms with Gasteiger partial charge in [0.25, 0.3) is 0 Å². The van der Waals surface area contributed by atoms with Gasteiger partial charge in [-0.05, 0) is 0 Å². The fourth-order valence-corrected chi connectivity index (χ4v) is 7.18. The van der Waals surface area contributed by atoms with Crippen LogP contribution in [0.4, 0.5) is 0 Å². The predicted octanol–water partition coefficient (Wildman–Crippen LogP) is 4.21. The molecule has 0 unspecified atom stereocenters. The molecule has 0 spiro atoms. The van der Waals surface area contributed by atoms with Crippen LogP contribution in [0, 0.1) is 0 Å². The molecule has 0 aliphatic heterocycles. The minimum absolute atomic E-state index is 0.560. The van der Waals surface area contributed by atoms with Gasteiger partial charge in [-0.15, -0.1) is 30.6 Å². The Morgan fingerprint density at radius 1 is 0.692 bits per heavy atom. The van der Waals surface area contributed by atoms with Crippen molar-refractivity contribution in [3.63, 3.8) is 0 Å². The number of hydrogen-bond donors (Lipinski definition) is 0. The lowest BCUT2D eigenvalue weighted by molar-refractivity contribution is 1.27. The van der Waals surface area contributed by atoms with Gasteiger partial charge >= 0.3 is 0 Å². The van der Waals surface area contributed by atoms with Crippen LogP contribution in [-0.4, -0.2) is 5.31 Å². The van der Waals surface area contributed by atoms with Crippen molar-refractivity contribution in [2.75, 3.05) is 0 Å². The summed E-state index contributed by atoms with van der Waals surface area (Å²) in [7, 11) is 0. The van der Waals surface area contributed by atoms with Gasteiger partial charge in [-0.2, -0.15) is 0 Å². The topological polar surface area (TPSA) is 0 Å². The van der Waals surface area contributed by atoms with Crippen molar-refractivity contribution >= 4 is 35.9 Å². The second-order valence-corrected chi connectivity index (χ2v) is 17.0. The smallest absolute Gasteiger partial charge is 0.109 e. The van der Waals surface area contributed by atoms with Gasteiger partial charge in [-0.1, -0.05) is 48.6 Å². The average Bonchev–Trinajstić information content (AvgIpc) is 2.78. The molecule has 0 aromatic rings. The molecule has 0 aromatic heterocycles. The summed E-state index contributed by atoms with van der Waals surface area (Å²) in [6, 6.07) is 0. The Bertz CT molecular complexity index is 259. The Morgan fingerprint density at radius 2 is 1.00 bits per heavy atom. The van der Waals surface area contributed by atoms with Gasteiger partial charge in [0.2, 0.25) is 5.31 Å². The van der Waals surface area contributed by atoms with Crippen LogP contribution in [0.25, 0.3) is 0 Å². The van der Waals surface area contributed by atoms with Crippen molar-refractivity contribution in [3.05, 3.63) is 48.6 Å². The quantitative estimate of drug-likeness (QED) is 0.528. The lowest BCUT2D eigenvalue weighted by Gasteiger charge is -2.26. The van der Waals surface area contributed by atoms with Crippen LogP contribution >= 0.6 is 30.6 Å². The largest absolute Gasteiger partial charge is 0.221 e. The van der Waals surface area contributed by atoms with Crippen molar-refractivity contribution in [3.8, 4) is 0 Å². The van der Waals surface area contributed by atoms with Crippen LogP contribution in [-0.2, 0) is 0 Å². The summed E-state index contributed by atoms with van der Waals surface area (Å²) in [6.45, 7) is 0. The highest BCUT2D eigenvalue weighted by Gasteiger charge is 2.40. The lowest BCUT2D eigenvalue weighted by atomic mass is 10.4. The van der Waals surface area contributed by atoms with Gasteiger partial charge in [0.15, 0.2) is 0 Å². The Kier molecular flexibility index (Phi) is 2.77. The Hall–Kier alpha value is 0.137. The fourth-order valence-electron chi connectivity index (χ4n) is 1.60. The molecule has 68 valence electrons. The summed E-state index contributed by atoms with van der Waals surface area (Å²) in [5, 5.41) is -1.56. The van der Waals surface area contributed by atoms with Gasteiger partial charge in [0, 0.05) is 11.1 Å². The predicted molar refractivity (Wildman–Crippen MR) is 67.7 cm³/mol. The lowest BCUT2D eigenvalue weighted by Crippen LogP contribution is -2.27. The SMILES string of the molecule is Br[Si](Br)(C1C=CC=C1)C1C=CC=C1. The van der Waals surface area contributed by atoms with Crippen LogP contribution in [0.5, 0.6) is 0 Å². The first-order valence-corrected chi connectivity index (χ1v) is 11.0. The van der Waals surface area contributed by atoms with E-state index in [1.807, 2.05) is 0 Å². The molecule has 0 amide bonds. The summed E-state index contributed by atoms with van der Waals surface area (Å²) in [5.41, 5.74) is 1.12. The number of halogens is 2. The summed E-state index contributed by atoms with van der Waals surface area (Å²) >= 11 is 7.77. The second-order valence-electron chi connectivity index (χ2n) is 3.27. The van der Waals surface area contributed by atoms with E-state index >= 15 is 0 Å². The number of rotatable bonds is 2. The third-order valence-electron chi connectivity index (χ3n) is 2.38. The maximum atomic E-state index is 3.89. The molecule has 0 saturated carbocycles. The zero-order valence-electron chi connectivity index (χ0n) is 7.03. The molecule has 2 rings (SSSR count). The molecule has 0 heterocycles. The van der Waals surface area contributed by atoms with E-state index in [2.05, 4.69) is 79.2 Å². The molecule has 0 aromatic carbocycles. The van der Waals surface area contributed by atoms with E-state index in [9.17, 15) is 0 Å². The van der Waals surface area contributed by atoms with Gasteiger partial charge in [-0.3, -0.25) is 0 Å². The molecular formula is C10H10Br2Si. The van der Waals surface area contributed by atoms with Crippen molar-refractivity contribution in [1.82, 2.24) is 0 Å². The van der Waals surface area contributed by atoms with E-state index < -0.39 is 5.31 Å². The summed E-state index contributed by atoms with van der Waals surface area (Å²) in [6.07, 6.45) is 17.5. The number of allylic oxidation sites excluding steroid dienone is 8. The van der Waals surface area contributed by atoms with Gasteiger partial charge < -0.3 is 0 Å². The molecule has 0 nitrogen and oxygen atoms in total. The molecular weight excluding hydrogens is 308 g/mol. The van der Waals surface area contributed by atoms with E-state index in [1.54, 1.807) is 0 Å². The first-order chi connectivity index (χ1) is 6.21. The molecule has 3 heteroatoms. The molecule has 0 saturated heterocycles. The third kappa shape index (κ3) is 1.83. The average molecular weight is 318 g/mol. The molecule has 0 atom stereocenters. The Balaban J connectivity index is 2.19. The van der Waals surface area contributed by atoms with Gasteiger partial charge in [0.1, 0.15) is 0 Å². The monoisotopic (exact) mass is 316 g/mol. The van der Waals surface area contributed by atoms with E-state index in [0.717, 1.165) is 0 Å². The molecule has 0 bridgehead atoms. The summed E-state index contributed by atoms with van der Waals surface area (Å²) in [5.74, 6) is 0. The standard InChI is InChI=1S/C10H10Br2Si/c11-13(12,9-5-1-2-6-9)10-7-3-4-8-10/h1-10H. The highest BCUT2D eigenvalue weighted by atomic mass is 79.9. The van der Waals surface area contributed by atoms with Crippen molar-refractivity contribution in [2.24, 2.45) is 0 Å². The number of hydrogen-bond acceptors (Lipinski definition) is 0. The molecule has 2 aliphatic rings. The Labute approximate surface area is 95.3 Å². The zero-order valence-corrected chi connectivity index (χ0v) is 11.2. The first kappa shape index (κ1) is 9.68. The fraction of sp³-hybridized carbons (Fsp3) is 0.200. The second kappa shape index (κ2) is 3.71. The van der Waals surface area contributed by atoms with E-state index in [1.165, 1.54) is 0 Å². The molecule has 0 radical (unpaired) electrons. The van der Waals surface area contributed by atoms with Gasteiger partial charge in [-0.25, -0.2) is 0 Å². The van der Waals surface area contributed by atoms with Crippen molar-refractivity contribution in [1.29, 1.82) is 0 Å². The normalized spacial score (nSPS) is 22.3. The van der Waals surface area contributed by atoms with E-state index in [0.29, 0.717) is 11.1 Å². The maximum absolute atomic E-state index is 3.89. The maximum Gasteiger partial charge on any atom is 0.221 e. The third-order valence-corrected chi connectivity index (χ3v) is 11.3. The van der Waals surface area contributed by atoms with E-state index in [4.69, 9.17) is 0 Å². The highest BCUT2D eigenvalue weighted by molar-refractivity contribution is 9.51. The minimum atomic E-state index is -1.56. The van der Waals surface area contributed by atoms with Crippen LogP contribution < -0.4 is 0 Å². The molecule has 0 N–H and O–H groups in total. The minimum Gasteiger partial charge on any atom is -0.109 e. The van der Waals surface area contributed by atoms with E-state index in [-0.39, 0.29) is 0 Å². The Morgan fingerprint density at radius 3 is 1.31 bits per heavy atom. The van der Waals surface area contributed by atoms with Crippen LogP contribution in [0.1, 0.15) is 0 Å². The van der Waals surface area contributed by atoms with Crippen LogP contribution in [0.15, 0.2) is 48.6 Å². The summed E-state index contributed by atoms with van der Waals surface area (Å²) < 4.78 is 0. The van der Waals surface area contributed by atoms with Crippen molar-refractivity contribution < 1.29 is 0 Å². The van der Waals surface area contributed by atoms with Crippen LogP contribution in [0.3, 0.4) is 0 Å². The van der Waals surface area contributed by atoms with Crippen molar-refractivity contribution in [2.45, 2.75) is 11.1 Å². The van der Waals surface area contributed by atoms with Crippen LogP contribution in [0.2, 0.25) is 11.1 Å². The molecule has 2 aliphatic carbocycles. The highest BCUT2D eigenvalue weighted by Crippen LogP contribution is 2.48.